The Morgan fingerprint density at radius 2 is 1.56 bits per heavy atom. The topological polar surface area (TPSA) is 80.5 Å². The first-order valence-corrected chi connectivity index (χ1v) is 8.89. The molecule has 2 aromatic rings. The Morgan fingerprint density at radius 1 is 0.920 bits per heavy atom. The molecule has 3 aliphatic rings. The van der Waals surface area contributed by atoms with Crippen molar-refractivity contribution in [2.24, 2.45) is 11.8 Å². The molecule has 6 nitrogen and oxygen atoms in total. The summed E-state index contributed by atoms with van der Waals surface area (Å²) in [6, 6.07) is 13.7. The smallest absolute Gasteiger partial charge is 0.269 e. The van der Waals surface area contributed by atoms with E-state index in [4.69, 9.17) is 0 Å². The Kier molecular flexibility index (Phi) is 2.88. The molecule has 5 rings (SSSR count). The van der Waals surface area contributed by atoms with Crippen LogP contribution in [0, 0.1) is 22.0 Å². The fraction of sp³-hybridized carbons (Fsp3) is 0.222. The van der Waals surface area contributed by atoms with Gasteiger partial charge in [0, 0.05) is 22.6 Å². The number of fused-ring (bicyclic) bond motifs is 8. The number of non-ortho nitro benzene ring substituents is 1. The fourth-order valence-electron chi connectivity index (χ4n) is 4.22. The summed E-state index contributed by atoms with van der Waals surface area (Å²) in [7, 11) is 0. The summed E-state index contributed by atoms with van der Waals surface area (Å²) >= 11 is 1.59. The highest BCUT2D eigenvalue weighted by atomic mass is 32.2. The number of hydrogen-bond donors (Lipinski definition) is 0. The second-order valence-corrected chi connectivity index (χ2v) is 7.73. The van der Waals surface area contributed by atoms with Gasteiger partial charge in [0.1, 0.15) is 0 Å². The average molecular weight is 352 g/mol. The number of carbonyl (C=O) groups is 2. The maximum absolute atomic E-state index is 13.0. The lowest BCUT2D eigenvalue weighted by Gasteiger charge is -2.21. The van der Waals surface area contributed by atoms with Crippen LogP contribution >= 0.6 is 11.8 Å². The number of amides is 2. The zero-order valence-corrected chi connectivity index (χ0v) is 13.7. The van der Waals surface area contributed by atoms with Crippen LogP contribution in [0.3, 0.4) is 0 Å². The molecule has 7 heteroatoms. The van der Waals surface area contributed by atoms with Crippen molar-refractivity contribution in [2.45, 2.75) is 10.5 Å². The van der Waals surface area contributed by atoms with E-state index in [0.717, 1.165) is 11.1 Å². The van der Waals surface area contributed by atoms with Gasteiger partial charge in [0.15, 0.2) is 0 Å². The van der Waals surface area contributed by atoms with E-state index in [9.17, 15) is 19.7 Å². The summed E-state index contributed by atoms with van der Waals surface area (Å²) in [5.41, 5.74) is 2.41. The molecule has 2 saturated heterocycles. The third-order valence-electron chi connectivity index (χ3n) is 5.25. The molecule has 0 spiro atoms. The van der Waals surface area contributed by atoms with Crippen molar-refractivity contribution in [1.82, 2.24) is 0 Å². The summed E-state index contributed by atoms with van der Waals surface area (Å²) in [6.07, 6.45) is 0. The van der Waals surface area contributed by atoms with E-state index in [2.05, 4.69) is 0 Å². The van der Waals surface area contributed by atoms with Crippen molar-refractivity contribution < 1.29 is 14.5 Å². The number of nitro groups is 1. The van der Waals surface area contributed by atoms with Crippen LogP contribution in [-0.2, 0) is 9.59 Å². The normalized spacial score (nSPS) is 29.0. The number of nitro benzene ring substituents is 1. The number of nitrogens with zero attached hydrogens (tertiary/aromatic N) is 2. The molecule has 4 atom stereocenters. The Balaban J connectivity index is 1.59. The minimum Gasteiger partial charge on any atom is -0.274 e. The molecule has 3 aliphatic heterocycles. The van der Waals surface area contributed by atoms with Gasteiger partial charge in [-0.25, -0.2) is 4.90 Å². The Bertz CT molecular complexity index is 945. The summed E-state index contributed by atoms with van der Waals surface area (Å²) in [6.45, 7) is 0. The lowest BCUT2D eigenvalue weighted by molar-refractivity contribution is -0.384. The SMILES string of the molecule is O=C1[C@@H]2[C@H](C(=O)N1c1ccccc1)[C@H]1S[C@@H]2c2cc([N+](=O)[O-])ccc21. The minimum absolute atomic E-state index is 0.0279. The molecular formula is C18H12N2O4S. The first kappa shape index (κ1) is 14.7. The van der Waals surface area contributed by atoms with E-state index in [1.807, 2.05) is 6.07 Å². The van der Waals surface area contributed by atoms with E-state index in [0.29, 0.717) is 5.69 Å². The third kappa shape index (κ3) is 1.81. The molecule has 3 heterocycles. The van der Waals surface area contributed by atoms with Crippen LogP contribution in [0.1, 0.15) is 21.6 Å². The number of imide groups is 1. The zero-order chi connectivity index (χ0) is 17.3. The molecule has 2 bridgehead atoms. The number of carbonyl (C=O) groups excluding carboxylic acids is 2. The fourth-order valence-corrected chi connectivity index (χ4v) is 6.16. The van der Waals surface area contributed by atoms with Crippen LogP contribution in [0.25, 0.3) is 0 Å². The van der Waals surface area contributed by atoms with Crippen molar-refractivity contribution in [2.75, 3.05) is 4.90 Å². The van der Waals surface area contributed by atoms with Crippen molar-refractivity contribution in [1.29, 1.82) is 0 Å². The minimum atomic E-state index is -0.433. The lowest BCUT2D eigenvalue weighted by atomic mass is 9.77. The predicted octanol–water partition coefficient (Wildman–Crippen LogP) is 3.24. The van der Waals surface area contributed by atoms with Gasteiger partial charge in [0.05, 0.1) is 22.4 Å². The molecule has 0 aromatic heterocycles. The van der Waals surface area contributed by atoms with Gasteiger partial charge in [0.25, 0.3) is 5.69 Å². The van der Waals surface area contributed by atoms with Crippen molar-refractivity contribution >= 4 is 35.0 Å². The van der Waals surface area contributed by atoms with Crippen LogP contribution in [0.5, 0.6) is 0 Å². The summed E-state index contributed by atoms with van der Waals surface area (Å²) < 4.78 is 0. The molecule has 124 valence electrons. The Morgan fingerprint density at radius 3 is 2.20 bits per heavy atom. The maximum atomic E-state index is 13.0. The van der Waals surface area contributed by atoms with Crippen LogP contribution in [0.2, 0.25) is 0 Å². The monoisotopic (exact) mass is 352 g/mol. The highest BCUT2D eigenvalue weighted by molar-refractivity contribution is 8.00. The number of hydrogen-bond acceptors (Lipinski definition) is 5. The molecular weight excluding hydrogens is 340 g/mol. The molecule has 2 aromatic carbocycles. The molecule has 2 amide bonds. The van der Waals surface area contributed by atoms with Gasteiger partial charge in [-0.1, -0.05) is 24.3 Å². The third-order valence-corrected chi connectivity index (χ3v) is 6.93. The van der Waals surface area contributed by atoms with Crippen LogP contribution < -0.4 is 4.90 Å². The number of anilines is 1. The average Bonchev–Trinajstić information content (AvgIpc) is 3.25. The van der Waals surface area contributed by atoms with E-state index in [-0.39, 0.29) is 33.9 Å². The van der Waals surface area contributed by atoms with Crippen LogP contribution in [-0.4, -0.2) is 16.7 Å². The predicted molar refractivity (Wildman–Crippen MR) is 92.1 cm³/mol. The van der Waals surface area contributed by atoms with Crippen LogP contribution in [0.15, 0.2) is 48.5 Å². The van der Waals surface area contributed by atoms with E-state index in [1.54, 1.807) is 48.2 Å². The van der Waals surface area contributed by atoms with Gasteiger partial charge in [-0.05, 0) is 23.3 Å². The van der Waals surface area contributed by atoms with Crippen molar-refractivity contribution in [3.05, 3.63) is 69.8 Å². The van der Waals surface area contributed by atoms with E-state index < -0.39 is 10.8 Å². The first-order chi connectivity index (χ1) is 12.1. The summed E-state index contributed by atoms with van der Waals surface area (Å²) in [4.78, 5) is 37.9. The second kappa shape index (κ2) is 4.92. The van der Waals surface area contributed by atoms with Gasteiger partial charge >= 0.3 is 0 Å². The van der Waals surface area contributed by atoms with Gasteiger partial charge < -0.3 is 0 Å². The molecule has 0 N–H and O–H groups in total. The second-order valence-electron chi connectivity index (χ2n) is 6.45. The molecule has 0 saturated carbocycles. The molecule has 2 fully saturated rings. The van der Waals surface area contributed by atoms with E-state index >= 15 is 0 Å². The number of rotatable bonds is 2. The van der Waals surface area contributed by atoms with Crippen LogP contribution in [0.4, 0.5) is 11.4 Å². The highest BCUT2D eigenvalue weighted by Crippen LogP contribution is 2.69. The molecule has 25 heavy (non-hydrogen) atoms. The Labute approximate surface area is 147 Å². The standard InChI is InChI=1S/C18H12N2O4S/c21-17-13-14(18(22)19(17)9-4-2-1-3-5-9)16-12-8-10(20(23)24)6-7-11(12)15(13)25-16/h1-8,13-16H/t13-,14+,15-,16+/m0/s1. The summed E-state index contributed by atoms with van der Waals surface area (Å²) in [5.74, 6) is -1.17. The number of thioether (sulfide) groups is 1. The van der Waals surface area contributed by atoms with Gasteiger partial charge in [-0.2, -0.15) is 0 Å². The molecule has 0 unspecified atom stereocenters. The first-order valence-electron chi connectivity index (χ1n) is 7.94. The maximum Gasteiger partial charge on any atom is 0.269 e. The number of para-hydroxylation sites is 1. The van der Waals surface area contributed by atoms with E-state index in [1.165, 1.54) is 11.0 Å². The highest BCUT2D eigenvalue weighted by Gasteiger charge is 2.64. The summed E-state index contributed by atoms with van der Waals surface area (Å²) in [5, 5.41) is 10.8. The quantitative estimate of drug-likeness (QED) is 0.471. The molecule has 0 aliphatic carbocycles. The lowest BCUT2D eigenvalue weighted by Crippen LogP contribution is -2.31. The van der Waals surface area contributed by atoms with Gasteiger partial charge in [0.2, 0.25) is 11.8 Å². The van der Waals surface area contributed by atoms with Gasteiger partial charge in [-0.15, -0.1) is 11.8 Å². The van der Waals surface area contributed by atoms with Crippen molar-refractivity contribution in [3.63, 3.8) is 0 Å². The molecule has 0 radical (unpaired) electrons. The van der Waals surface area contributed by atoms with Gasteiger partial charge in [-0.3, -0.25) is 19.7 Å². The largest absolute Gasteiger partial charge is 0.274 e. The Hall–Kier alpha value is -2.67. The zero-order valence-electron chi connectivity index (χ0n) is 12.9. The number of benzene rings is 2. The van der Waals surface area contributed by atoms with Crippen molar-refractivity contribution in [3.8, 4) is 0 Å².